The lowest BCUT2D eigenvalue weighted by molar-refractivity contribution is 0.0716. The Morgan fingerprint density at radius 1 is 1.27 bits per heavy atom. The van der Waals surface area contributed by atoms with Crippen LogP contribution < -0.4 is 0 Å². The monoisotopic (exact) mass is 484 g/mol. The summed E-state index contributed by atoms with van der Waals surface area (Å²) in [5.41, 5.74) is 5.56. The number of aromatic nitrogens is 4. The van der Waals surface area contributed by atoms with Gasteiger partial charge in [0.2, 0.25) is 0 Å². The van der Waals surface area contributed by atoms with Crippen LogP contribution in [-0.2, 0) is 26.1 Å². The lowest BCUT2D eigenvalue weighted by atomic mass is 10.0. The second-order valence-electron chi connectivity index (χ2n) is 9.24. The molecule has 0 aromatic carbocycles. The number of rotatable bonds is 7. The molecule has 5 rings (SSSR count). The van der Waals surface area contributed by atoms with E-state index >= 15 is 0 Å². The zero-order chi connectivity index (χ0) is 23.1. The summed E-state index contributed by atoms with van der Waals surface area (Å²) in [4.78, 5) is 38.9. The van der Waals surface area contributed by atoms with Gasteiger partial charge in [0.05, 0.1) is 29.3 Å². The van der Waals surface area contributed by atoms with Crippen LogP contribution in [0.5, 0.6) is 0 Å². The molecule has 4 heterocycles. The topological polar surface area (TPSA) is 84.2 Å². The highest BCUT2D eigenvalue weighted by molar-refractivity contribution is 7.10. The summed E-state index contributed by atoms with van der Waals surface area (Å²) < 4.78 is 2.03. The molecule has 10 heteroatoms. The summed E-state index contributed by atoms with van der Waals surface area (Å²) in [5.74, 6) is 0.739. The van der Waals surface area contributed by atoms with Crippen LogP contribution in [0.4, 0.5) is 0 Å². The van der Waals surface area contributed by atoms with Crippen LogP contribution >= 0.6 is 22.7 Å². The van der Waals surface area contributed by atoms with Gasteiger partial charge in [-0.25, -0.2) is 9.97 Å². The Kier molecular flexibility index (Phi) is 6.05. The van der Waals surface area contributed by atoms with Crippen molar-refractivity contribution in [2.45, 2.75) is 58.7 Å². The van der Waals surface area contributed by atoms with Gasteiger partial charge in [-0.1, -0.05) is 13.8 Å². The number of carbonyl (C=O) groups is 2. The van der Waals surface area contributed by atoms with Crippen molar-refractivity contribution in [2.75, 3.05) is 13.6 Å². The van der Waals surface area contributed by atoms with Crippen LogP contribution in [0, 0.1) is 5.92 Å². The maximum atomic E-state index is 13.4. The average Bonchev–Trinajstić information content (AvgIpc) is 3.20. The molecule has 0 N–H and O–H groups in total. The van der Waals surface area contributed by atoms with Crippen molar-refractivity contribution in [2.24, 2.45) is 5.92 Å². The Balaban J connectivity index is 1.40. The maximum absolute atomic E-state index is 13.4. The molecule has 174 valence electrons. The Bertz CT molecular complexity index is 1160. The van der Waals surface area contributed by atoms with Crippen molar-refractivity contribution in [1.82, 2.24) is 29.5 Å². The number of hydrogen-bond acceptors (Lipinski definition) is 7. The quantitative estimate of drug-likeness (QED) is 0.509. The number of thiazole rings is 2. The Morgan fingerprint density at radius 3 is 2.76 bits per heavy atom. The zero-order valence-corrected chi connectivity index (χ0v) is 20.8. The summed E-state index contributed by atoms with van der Waals surface area (Å²) in [7, 11) is 1.78. The molecule has 1 aliphatic carbocycles. The molecule has 1 fully saturated rings. The molecule has 2 aliphatic rings. The second kappa shape index (κ2) is 8.98. The Morgan fingerprint density at radius 2 is 2.09 bits per heavy atom. The number of carbonyl (C=O) groups excluding carboxylic acids is 2. The van der Waals surface area contributed by atoms with E-state index in [-0.39, 0.29) is 11.8 Å². The fraction of sp³-hybridized carbons (Fsp3) is 0.522. The first-order valence-corrected chi connectivity index (χ1v) is 13.2. The van der Waals surface area contributed by atoms with E-state index in [1.807, 2.05) is 20.3 Å². The maximum Gasteiger partial charge on any atom is 0.274 e. The summed E-state index contributed by atoms with van der Waals surface area (Å²) in [6.07, 6.45) is 3.13. The van der Waals surface area contributed by atoms with Gasteiger partial charge in [-0.3, -0.25) is 14.3 Å². The zero-order valence-electron chi connectivity index (χ0n) is 19.2. The minimum atomic E-state index is -0.126. The molecule has 2 amide bonds. The molecule has 0 unspecified atom stereocenters. The van der Waals surface area contributed by atoms with Crippen LogP contribution in [0.15, 0.2) is 16.3 Å². The fourth-order valence-corrected chi connectivity index (χ4v) is 5.51. The molecule has 1 aliphatic heterocycles. The largest absolute Gasteiger partial charge is 0.334 e. The highest BCUT2D eigenvalue weighted by atomic mass is 32.1. The summed E-state index contributed by atoms with van der Waals surface area (Å²) in [6, 6.07) is 0. The summed E-state index contributed by atoms with van der Waals surface area (Å²) in [5, 5.41) is 9.53. The van der Waals surface area contributed by atoms with Crippen molar-refractivity contribution in [3.8, 4) is 0 Å². The van der Waals surface area contributed by atoms with Gasteiger partial charge in [0.25, 0.3) is 11.8 Å². The summed E-state index contributed by atoms with van der Waals surface area (Å²) in [6.45, 7) is 6.44. The van der Waals surface area contributed by atoms with Gasteiger partial charge in [-0.15, -0.1) is 22.7 Å². The number of nitrogens with zero attached hydrogens (tertiary/aromatic N) is 6. The third-order valence-corrected chi connectivity index (χ3v) is 8.00. The number of amides is 2. The lowest BCUT2D eigenvalue weighted by Gasteiger charge is -2.27. The minimum Gasteiger partial charge on any atom is -0.334 e. The summed E-state index contributed by atoms with van der Waals surface area (Å²) >= 11 is 3.04. The first kappa shape index (κ1) is 22.2. The Hall–Kier alpha value is -2.59. The van der Waals surface area contributed by atoms with E-state index in [9.17, 15) is 9.59 Å². The second-order valence-corrected chi connectivity index (χ2v) is 10.9. The molecule has 0 atom stereocenters. The molecule has 3 aromatic heterocycles. The predicted octanol–water partition coefficient (Wildman–Crippen LogP) is 3.80. The molecule has 0 bridgehead atoms. The van der Waals surface area contributed by atoms with E-state index in [1.54, 1.807) is 17.5 Å². The van der Waals surface area contributed by atoms with E-state index in [1.165, 1.54) is 35.5 Å². The van der Waals surface area contributed by atoms with Crippen LogP contribution in [0.2, 0.25) is 0 Å². The van der Waals surface area contributed by atoms with Gasteiger partial charge in [-0.05, 0) is 18.8 Å². The van der Waals surface area contributed by atoms with Crippen molar-refractivity contribution in [3.63, 3.8) is 0 Å². The Labute approximate surface area is 201 Å². The van der Waals surface area contributed by atoms with Crippen LogP contribution in [0.1, 0.15) is 75.5 Å². The van der Waals surface area contributed by atoms with Gasteiger partial charge in [-0.2, -0.15) is 5.10 Å². The van der Waals surface area contributed by atoms with E-state index in [4.69, 9.17) is 5.10 Å². The molecular weight excluding hydrogens is 456 g/mol. The van der Waals surface area contributed by atoms with Gasteiger partial charge in [0.15, 0.2) is 5.69 Å². The molecular formula is C23H28N6O2S2. The molecule has 3 aromatic rings. The van der Waals surface area contributed by atoms with Gasteiger partial charge in [0, 0.05) is 54.5 Å². The average molecular weight is 485 g/mol. The fourth-order valence-electron chi connectivity index (χ4n) is 4.16. The van der Waals surface area contributed by atoms with Crippen molar-refractivity contribution < 1.29 is 9.59 Å². The molecule has 8 nitrogen and oxygen atoms in total. The predicted molar refractivity (Wildman–Crippen MR) is 128 cm³/mol. The number of fused-ring (bicyclic) bond motifs is 1. The van der Waals surface area contributed by atoms with E-state index < -0.39 is 0 Å². The lowest BCUT2D eigenvalue weighted by Crippen LogP contribution is -2.37. The van der Waals surface area contributed by atoms with Gasteiger partial charge < -0.3 is 9.80 Å². The first-order valence-electron chi connectivity index (χ1n) is 11.4. The van der Waals surface area contributed by atoms with E-state index in [0.717, 1.165) is 28.5 Å². The van der Waals surface area contributed by atoms with Crippen molar-refractivity contribution in [3.05, 3.63) is 49.6 Å². The van der Waals surface area contributed by atoms with Crippen LogP contribution in [-0.4, -0.2) is 55.0 Å². The van der Waals surface area contributed by atoms with Crippen molar-refractivity contribution in [1.29, 1.82) is 0 Å². The number of hydrogen-bond donors (Lipinski definition) is 0. The van der Waals surface area contributed by atoms with Gasteiger partial charge >= 0.3 is 0 Å². The van der Waals surface area contributed by atoms with Gasteiger partial charge in [0.1, 0.15) is 5.69 Å². The van der Waals surface area contributed by atoms with E-state index in [2.05, 4.69) is 23.8 Å². The van der Waals surface area contributed by atoms with Crippen LogP contribution in [0.3, 0.4) is 0 Å². The third-order valence-electron chi connectivity index (χ3n) is 6.22. The molecule has 0 spiro atoms. The van der Waals surface area contributed by atoms with Crippen LogP contribution in [0.25, 0.3) is 0 Å². The minimum absolute atomic E-state index is 0.0760. The standard InChI is InChI=1S/C23H28N6O2S2/c1-14(2)21-25-18(12-33-21)22(30)28-7-6-19-17(10-28)20(26-29(19)8-15-4-5-15)23(31)27(3)9-16-11-32-13-24-16/h11-15H,4-10H2,1-3H3. The molecule has 0 radical (unpaired) electrons. The third kappa shape index (κ3) is 4.59. The van der Waals surface area contributed by atoms with Crippen molar-refractivity contribution >= 4 is 34.5 Å². The molecule has 1 saturated carbocycles. The van der Waals surface area contributed by atoms with E-state index in [0.29, 0.717) is 49.3 Å². The first-order chi connectivity index (χ1) is 15.9. The SMILES string of the molecule is CC(C)c1nc(C(=O)N2CCc3c(c(C(=O)N(C)Cc4cscn4)nn3CC3CC3)C2)cs1. The molecule has 33 heavy (non-hydrogen) atoms. The highest BCUT2D eigenvalue weighted by Crippen LogP contribution is 2.33. The normalized spacial score (nSPS) is 15.7. The smallest absolute Gasteiger partial charge is 0.274 e. The highest BCUT2D eigenvalue weighted by Gasteiger charge is 2.34. The molecule has 0 saturated heterocycles.